The van der Waals surface area contributed by atoms with Gasteiger partial charge in [0, 0.05) is 19.0 Å². The number of aromatic nitrogens is 4. The van der Waals surface area contributed by atoms with Gasteiger partial charge in [-0.15, -0.1) is 5.10 Å². The van der Waals surface area contributed by atoms with E-state index in [2.05, 4.69) is 25.8 Å². The van der Waals surface area contributed by atoms with Crippen molar-refractivity contribution >= 4 is 17.3 Å². The molecule has 0 spiro atoms. The van der Waals surface area contributed by atoms with Gasteiger partial charge in [0.25, 0.3) is 0 Å². The Morgan fingerprint density at radius 3 is 2.54 bits per heavy atom. The zero-order chi connectivity index (χ0) is 20.7. The molecule has 1 aromatic heterocycles. The first-order valence-electron chi connectivity index (χ1n) is 8.78. The maximum atomic E-state index is 12.2. The van der Waals surface area contributed by atoms with E-state index in [4.69, 9.17) is 9.57 Å². The van der Waals surface area contributed by atoms with Crippen molar-refractivity contribution in [3.8, 4) is 5.69 Å². The number of rotatable bonds is 7. The predicted molar refractivity (Wildman–Crippen MR) is 107 cm³/mol. The fraction of sp³-hybridized carbons (Fsp3) is 0.444. The van der Waals surface area contributed by atoms with Crippen LogP contribution in [0.1, 0.15) is 38.3 Å². The smallest absolute Gasteiger partial charge is 0.368 e. The lowest BCUT2D eigenvalue weighted by atomic mass is 10.1. The summed E-state index contributed by atoms with van der Waals surface area (Å²) in [5.74, 6) is 0.463. The van der Waals surface area contributed by atoms with Crippen LogP contribution in [-0.2, 0) is 23.2 Å². The molecule has 0 unspecified atom stereocenters. The minimum Gasteiger partial charge on any atom is -0.475 e. The maximum absolute atomic E-state index is 12.2. The number of tetrazole rings is 1. The molecule has 0 aliphatic rings. The van der Waals surface area contributed by atoms with Crippen LogP contribution < -0.4 is 5.69 Å². The highest BCUT2D eigenvalue weighted by molar-refractivity contribution is 6.40. The molecule has 10 nitrogen and oxygen atoms in total. The fourth-order valence-electron chi connectivity index (χ4n) is 2.30. The summed E-state index contributed by atoms with van der Waals surface area (Å²) in [6.45, 7) is 7.65. The minimum atomic E-state index is -0.329. The van der Waals surface area contributed by atoms with Crippen LogP contribution in [0.15, 0.2) is 38.4 Å². The third kappa shape index (κ3) is 4.90. The lowest BCUT2D eigenvalue weighted by Crippen LogP contribution is -2.23. The molecule has 150 valence electrons. The molecule has 2 rings (SSSR count). The first kappa shape index (κ1) is 21.0. The Bertz CT molecular complexity index is 970. The van der Waals surface area contributed by atoms with Crippen LogP contribution in [0.5, 0.6) is 0 Å². The largest absolute Gasteiger partial charge is 0.475 e. The van der Waals surface area contributed by atoms with Gasteiger partial charge in [0.2, 0.25) is 5.90 Å². The van der Waals surface area contributed by atoms with Crippen molar-refractivity contribution < 1.29 is 9.57 Å². The van der Waals surface area contributed by atoms with Crippen LogP contribution in [0.2, 0.25) is 0 Å². The quantitative estimate of drug-likeness (QED) is 0.410. The highest BCUT2D eigenvalue weighted by atomic mass is 16.6. The molecular weight excluding hydrogens is 362 g/mol. The first-order chi connectivity index (χ1) is 13.4. The Balaban J connectivity index is 2.27. The molecule has 0 amide bonds. The van der Waals surface area contributed by atoms with Gasteiger partial charge in [0.15, 0.2) is 0 Å². The van der Waals surface area contributed by atoms with E-state index in [0.717, 1.165) is 11.1 Å². The molecule has 0 aliphatic carbocycles. The van der Waals surface area contributed by atoms with Gasteiger partial charge >= 0.3 is 5.69 Å². The summed E-state index contributed by atoms with van der Waals surface area (Å²) in [6, 6.07) is 5.60. The SMILES string of the molecule is CCC(=N/N=C(C)\C(C)=N\OC)OCc1c(C)cccc1-n1nnn(C)c1=O. The Hall–Kier alpha value is -3.30. The van der Waals surface area contributed by atoms with Gasteiger partial charge in [0.1, 0.15) is 13.7 Å². The maximum Gasteiger partial charge on any atom is 0.368 e. The van der Waals surface area contributed by atoms with E-state index in [1.165, 1.54) is 16.5 Å². The number of aryl methyl sites for hydroxylation is 2. The van der Waals surface area contributed by atoms with Crippen molar-refractivity contribution in [1.29, 1.82) is 0 Å². The van der Waals surface area contributed by atoms with E-state index in [-0.39, 0.29) is 12.3 Å². The predicted octanol–water partition coefficient (Wildman–Crippen LogP) is 2.00. The Morgan fingerprint density at radius 1 is 1.18 bits per heavy atom. The van der Waals surface area contributed by atoms with Crippen LogP contribution in [0.25, 0.3) is 5.69 Å². The van der Waals surface area contributed by atoms with Crippen LogP contribution >= 0.6 is 0 Å². The average molecular weight is 387 g/mol. The normalized spacial score (nSPS) is 13.0. The zero-order valence-electron chi connectivity index (χ0n) is 17.0. The third-order valence-corrected chi connectivity index (χ3v) is 4.08. The number of oxime groups is 1. The standard InChI is InChI=1S/C18H25N7O3/c1-7-17(20-19-13(3)14(4)21-27-6)28-11-15-12(2)9-8-10-16(15)25-18(26)24(5)22-23-25/h8-10H,7,11H2,1-6H3/b19-13-,20-17?,21-14+. The topological polar surface area (TPSA) is 108 Å². The van der Waals surface area contributed by atoms with Crippen molar-refractivity contribution in [3.63, 3.8) is 0 Å². The lowest BCUT2D eigenvalue weighted by Gasteiger charge is -2.13. The highest BCUT2D eigenvalue weighted by Crippen LogP contribution is 2.18. The number of nitrogens with zero attached hydrogens (tertiary/aromatic N) is 7. The Kier molecular flexibility index (Phi) is 7.19. The van der Waals surface area contributed by atoms with Crippen LogP contribution in [0, 0.1) is 6.92 Å². The lowest BCUT2D eigenvalue weighted by molar-refractivity contribution is 0.214. The van der Waals surface area contributed by atoms with E-state index >= 15 is 0 Å². The van der Waals surface area contributed by atoms with Crippen molar-refractivity contribution in [1.82, 2.24) is 19.8 Å². The number of ether oxygens (including phenoxy) is 1. The fourth-order valence-corrected chi connectivity index (χ4v) is 2.30. The molecule has 0 bridgehead atoms. The van der Waals surface area contributed by atoms with Gasteiger partial charge in [-0.1, -0.05) is 24.2 Å². The van der Waals surface area contributed by atoms with Crippen LogP contribution in [0.4, 0.5) is 0 Å². The zero-order valence-corrected chi connectivity index (χ0v) is 17.0. The second-order valence-corrected chi connectivity index (χ2v) is 6.05. The molecule has 0 aliphatic heterocycles. The molecule has 10 heteroatoms. The number of benzene rings is 1. The molecule has 28 heavy (non-hydrogen) atoms. The number of hydrogen-bond donors (Lipinski definition) is 0. The molecule has 0 fully saturated rings. The molecule has 0 radical (unpaired) electrons. The Morgan fingerprint density at radius 2 is 1.93 bits per heavy atom. The van der Waals surface area contributed by atoms with Crippen molar-refractivity contribution in [3.05, 3.63) is 39.8 Å². The van der Waals surface area contributed by atoms with Crippen LogP contribution in [0.3, 0.4) is 0 Å². The summed E-state index contributed by atoms with van der Waals surface area (Å²) in [4.78, 5) is 16.9. The molecule has 1 heterocycles. The second-order valence-electron chi connectivity index (χ2n) is 6.05. The van der Waals surface area contributed by atoms with Gasteiger partial charge in [-0.2, -0.15) is 14.5 Å². The summed E-state index contributed by atoms with van der Waals surface area (Å²) < 4.78 is 8.28. The summed E-state index contributed by atoms with van der Waals surface area (Å²) in [6.07, 6.45) is 0.559. The second kappa shape index (κ2) is 9.58. The minimum absolute atomic E-state index is 0.220. The van der Waals surface area contributed by atoms with Gasteiger partial charge in [0.05, 0.1) is 17.1 Å². The number of hydrogen-bond acceptors (Lipinski definition) is 8. The van der Waals surface area contributed by atoms with Crippen LogP contribution in [-0.4, -0.2) is 44.2 Å². The molecule has 0 atom stereocenters. The monoisotopic (exact) mass is 387 g/mol. The van der Waals surface area contributed by atoms with Gasteiger partial charge in [-0.25, -0.2) is 4.79 Å². The Labute approximate surface area is 163 Å². The third-order valence-electron chi connectivity index (χ3n) is 4.08. The van der Waals surface area contributed by atoms with E-state index in [0.29, 0.717) is 29.4 Å². The first-order valence-corrected chi connectivity index (χ1v) is 8.78. The van der Waals surface area contributed by atoms with Crippen molar-refractivity contribution in [2.75, 3.05) is 7.11 Å². The van der Waals surface area contributed by atoms with E-state index < -0.39 is 0 Å². The molecule has 0 N–H and O–H groups in total. The molecule has 1 aromatic carbocycles. The summed E-state index contributed by atoms with van der Waals surface area (Å²) >= 11 is 0. The molecule has 0 saturated carbocycles. The molecule has 0 saturated heterocycles. The average Bonchev–Trinajstić information content (AvgIpc) is 3.01. The van der Waals surface area contributed by atoms with Gasteiger partial charge in [-0.05, 0) is 42.8 Å². The van der Waals surface area contributed by atoms with Gasteiger partial charge in [-0.3, -0.25) is 0 Å². The summed E-state index contributed by atoms with van der Waals surface area (Å²) in [7, 11) is 3.03. The highest BCUT2D eigenvalue weighted by Gasteiger charge is 2.14. The summed E-state index contributed by atoms with van der Waals surface area (Å²) in [5, 5.41) is 19.8. The van der Waals surface area contributed by atoms with Crippen molar-refractivity contribution in [2.45, 2.75) is 40.7 Å². The summed E-state index contributed by atoms with van der Waals surface area (Å²) in [5.41, 5.74) is 3.34. The van der Waals surface area contributed by atoms with E-state index in [1.54, 1.807) is 27.0 Å². The molecule has 2 aromatic rings. The van der Waals surface area contributed by atoms with Crippen molar-refractivity contribution in [2.24, 2.45) is 22.4 Å². The molecular formula is C18H25N7O3. The van der Waals surface area contributed by atoms with E-state index in [1.807, 2.05) is 26.0 Å². The van der Waals surface area contributed by atoms with E-state index in [9.17, 15) is 4.79 Å². The van der Waals surface area contributed by atoms with Gasteiger partial charge < -0.3 is 9.57 Å².